The molecule has 2 aromatic heterocycles. The molecule has 0 spiro atoms. The molecule has 1 atom stereocenters. The third-order valence-electron chi connectivity index (χ3n) is 3.90. The van der Waals surface area contributed by atoms with Crippen molar-refractivity contribution in [1.82, 2.24) is 14.8 Å². The zero-order chi connectivity index (χ0) is 18.1. The number of hydrogen-bond acceptors (Lipinski definition) is 3. The maximum atomic E-state index is 12.9. The summed E-state index contributed by atoms with van der Waals surface area (Å²) in [6, 6.07) is 4.52. The number of anilines is 1. The second-order valence-electron chi connectivity index (χ2n) is 5.66. The molecule has 5 nitrogen and oxygen atoms in total. The van der Waals surface area contributed by atoms with Gasteiger partial charge in [0.1, 0.15) is 12.4 Å². The Morgan fingerprint density at radius 1 is 1.33 bits per heavy atom. The summed E-state index contributed by atoms with van der Waals surface area (Å²) in [5.74, 6) is -1.45. The fraction of sp³-hybridized carbons (Fsp3) is 0.438. The molecular weight excluding hydrogens is 321 g/mol. The molecule has 0 aliphatic heterocycles. The number of nitrogens with zero attached hydrogens (tertiary/aromatic N) is 4. The molecule has 0 aliphatic carbocycles. The van der Waals surface area contributed by atoms with Crippen molar-refractivity contribution in [1.29, 1.82) is 0 Å². The highest BCUT2D eigenvalue weighted by Crippen LogP contribution is 2.28. The Labute approximate surface area is 138 Å². The molecule has 1 amide bonds. The molecule has 0 radical (unpaired) electrons. The van der Waals surface area contributed by atoms with Gasteiger partial charge in [-0.1, -0.05) is 6.07 Å². The summed E-state index contributed by atoms with van der Waals surface area (Å²) in [5.41, 5.74) is 2.02. The molecule has 0 bridgehead atoms. The van der Waals surface area contributed by atoms with Crippen LogP contribution in [-0.4, -0.2) is 33.4 Å². The summed E-state index contributed by atoms with van der Waals surface area (Å²) in [4.78, 5) is 17.4. The maximum absolute atomic E-state index is 12.9. The predicted molar refractivity (Wildman–Crippen MR) is 83.7 cm³/mol. The lowest BCUT2D eigenvalue weighted by atomic mass is 9.97. The molecule has 2 heterocycles. The molecule has 0 saturated carbocycles. The van der Waals surface area contributed by atoms with Gasteiger partial charge in [-0.05, 0) is 32.9 Å². The van der Waals surface area contributed by atoms with Gasteiger partial charge in [-0.2, -0.15) is 18.3 Å². The van der Waals surface area contributed by atoms with Gasteiger partial charge in [-0.25, -0.2) is 4.98 Å². The largest absolute Gasteiger partial charge is 0.406 e. The van der Waals surface area contributed by atoms with Gasteiger partial charge in [0, 0.05) is 24.5 Å². The average Bonchev–Trinajstić information content (AvgIpc) is 2.76. The highest BCUT2D eigenvalue weighted by atomic mass is 19.4. The maximum Gasteiger partial charge on any atom is 0.406 e. The molecule has 0 aliphatic rings. The van der Waals surface area contributed by atoms with Crippen LogP contribution in [0, 0.1) is 13.8 Å². The Kier molecular flexibility index (Phi) is 4.96. The standard InChI is InChI=1S/C16H19F3N4O/c1-10(14-11(2)21-22(4)12(14)3)15(24)23(9-16(17,18)19)13-7-5-6-8-20-13/h5-8,10H,9H2,1-4H3/t10-/m0/s1. The van der Waals surface area contributed by atoms with Crippen molar-refractivity contribution in [3.8, 4) is 0 Å². The Balaban J connectivity index is 2.40. The van der Waals surface area contributed by atoms with Crippen molar-refractivity contribution in [2.45, 2.75) is 32.9 Å². The Morgan fingerprint density at radius 2 is 2.00 bits per heavy atom. The third kappa shape index (κ3) is 3.74. The van der Waals surface area contributed by atoms with Crippen LogP contribution in [0.2, 0.25) is 0 Å². The van der Waals surface area contributed by atoms with Gasteiger partial charge in [-0.3, -0.25) is 14.4 Å². The summed E-state index contributed by atoms with van der Waals surface area (Å²) in [5, 5.41) is 4.23. The van der Waals surface area contributed by atoms with Crippen LogP contribution in [0.3, 0.4) is 0 Å². The van der Waals surface area contributed by atoms with Crippen molar-refractivity contribution in [2.75, 3.05) is 11.4 Å². The Bertz CT molecular complexity index is 725. The fourth-order valence-corrected chi connectivity index (χ4v) is 2.74. The second-order valence-corrected chi connectivity index (χ2v) is 5.66. The van der Waals surface area contributed by atoms with E-state index in [1.807, 2.05) is 0 Å². The SMILES string of the molecule is Cc1nn(C)c(C)c1[C@H](C)C(=O)N(CC(F)(F)F)c1ccccn1. The van der Waals surface area contributed by atoms with E-state index >= 15 is 0 Å². The minimum Gasteiger partial charge on any atom is -0.287 e. The molecular formula is C16H19F3N4O. The molecule has 0 N–H and O–H groups in total. The van der Waals surface area contributed by atoms with Crippen molar-refractivity contribution in [3.63, 3.8) is 0 Å². The van der Waals surface area contributed by atoms with E-state index < -0.39 is 24.5 Å². The number of pyridine rings is 1. The molecule has 0 aromatic carbocycles. The van der Waals surface area contributed by atoms with Crippen LogP contribution in [0.4, 0.5) is 19.0 Å². The minimum absolute atomic E-state index is 0.0223. The van der Waals surface area contributed by atoms with Gasteiger partial charge in [0.2, 0.25) is 5.91 Å². The van der Waals surface area contributed by atoms with Gasteiger partial charge >= 0.3 is 6.18 Å². The number of carbonyl (C=O) groups excluding carboxylic acids is 1. The van der Waals surface area contributed by atoms with Gasteiger partial charge < -0.3 is 0 Å². The van der Waals surface area contributed by atoms with E-state index in [9.17, 15) is 18.0 Å². The van der Waals surface area contributed by atoms with Gasteiger partial charge in [0.05, 0.1) is 11.6 Å². The molecule has 8 heteroatoms. The van der Waals surface area contributed by atoms with Crippen LogP contribution in [0.25, 0.3) is 0 Å². The summed E-state index contributed by atoms with van der Waals surface area (Å²) >= 11 is 0. The van der Waals surface area contributed by atoms with Crippen LogP contribution in [0.1, 0.15) is 29.8 Å². The van der Waals surface area contributed by atoms with E-state index in [0.717, 1.165) is 5.69 Å². The van der Waals surface area contributed by atoms with E-state index in [4.69, 9.17) is 0 Å². The van der Waals surface area contributed by atoms with E-state index in [1.54, 1.807) is 44.6 Å². The van der Waals surface area contributed by atoms with Crippen LogP contribution < -0.4 is 4.90 Å². The third-order valence-corrected chi connectivity index (χ3v) is 3.90. The highest BCUT2D eigenvalue weighted by molar-refractivity contribution is 5.97. The number of rotatable bonds is 4. The second kappa shape index (κ2) is 6.62. The van der Waals surface area contributed by atoms with Gasteiger partial charge in [-0.15, -0.1) is 0 Å². The summed E-state index contributed by atoms with van der Waals surface area (Å²) in [7, 11) is 1.73. The topological polar surface area (TPSA) is 51.0 Å². The van der Waals surface area contributed by atoms with E-state index in [2.05, 4.69) is 10.1 Å². The smallest absolute Gasteiger partial charge is 0.287 e. The van der Waals surface area contributed by atoms with Gasteiger partial charge in [0.25, 0.3) is 0 Å². The quantitative estimate of drug-likeness (QED) is 0.859. The van der Waals surface area contributed by atoms with Gasteiger partial charge in [0.15, 0.2) is 0 Å². The lowest BCUT2D eigenvalue weighted by Gasteiger charge is -2.26. The van der Waals surface area contributed by atoms with E-state index in [0.29, 0.717) is 16.2 Å². The monoisotopic (exact) mass is 340 g/mol. The first-order chi connectivity index (χ1) is 11.1. The molecule has 24 heavy (non-hydrogen) atoms. The summed E-state index contributed by atoms with van der Waals surface area (Å²) in [6.45, 7) is 3.73. The van der Waals surface area contributed by atoms with Crippen LogP contribution in [-0.2, 0) is 11.8 Å². The first kappa shape index (κ1) is 18.0. The van der Waals surface area contributed by atoms with E-state index in [1.165, 1.54) is 12.3 Å². The van der Waals surface area contributed by atoms with Crippen LogP contribution >= 0.6 is 0 Å². The number of aryl methyl sites for hydroxylation is 2. The average molecular weight is 340 g/mol. The lowest BCUT2D eigenvalue weighted by Crippen LogP contribution is -2.41. The number of hydrogen-bond donors (Lipinski definition) is 0. The molecule has 2 rings (SSSR count). The predicted octanol–water partition coefficient (Wildman–Crippen LogP) is 3.13. The molecule has 2 aromatic rings. The summed E-state index contributed by atoms with van der Waals surface area (Å²) in [6.07, 6.45) is -3.16. The number of amides is 1. The zero-order valence-corrected chi connectivity index (χ0v) is 13.9. The normalized spacial score (nSPS) is 13.0. The zero-order valence-electron chi connectivity index (χ0n) is 13.9. The first-order valence-electron chi connectivity index (χ1n) is 7.41. The lowest BCUT2D eigenvalue weighted by molar-refractivity contribution is -0.133. The number of halogens is 3. The van der Waals surface area contributed by atoms with Crippen molar-refractivity contribution < 1.29 is 18.0 Å². The highest BCUT2D eigenvalue weighted by Gasteiger charge is 2.37. The van der Waals surface area contributed by atoms with Crippen LogP contribution in [0.5, 0.6) is 0 Å². The molecule has 0 fully saturated rings. The van der Waals surface area contributed by atoms with Crippen molar-refractivity contribution >= 4 is 11.7 Å². The summed E-state index contributed by atoms with van der Waals surface area (Å²) < 4.78 is 40.4. The number of aromatic nitrogens is 3. The van der Waals surface area contributed by atoms with Crippen molar-refractivity contribution in [2.24, 2.45) is 7.05 Å². The number of carbonyl (C=O) groups is 1. The molecule has 0 saturated heterocycles. The minimum atomic E-state index is -4.52. The van der Waals surface area contributed by atoms with Crippen molar-refractivity contribution in [3.05, 3.63) is 41.3 Å². The first-order valence-corrected chi connectivity index (χ1v) is 7.41. The Morgan fingerprint density at radius 3 is 2.46 bits per heavy atom. The fourth-order valence-electron chi connectivity index (χ4n) is 2.74. The molecule has 0 unspecified atom stereocenters. The molecule has 130 valence electrons. The Hall–Kier alpha value is -2.38. The number of alkyl halides is 3. The van der Waals surface area contributed by atoms with Crippen LogP contribution in [0.15, 0.2) is 24.4 Å². The van der Waals surface area contributed by atoms with E-state index in [-0.39, 0.29) is 5.82 Å².